The molecule has 0 aliphatic carbocycles. The predicted molar refractivity (Wildman–Crippen MR) is 103 cm³/mol. The van der Waals surface area contributed by atoms with Gasteiger partial charge in [-0.2, -0.15) is 0 Å². The van der Waals surface area contributed by atoms with E-state index in [1.165, 1.54) is 7.11 Å². The highest BCUT2D eigenvalue weighted by Gasteiger charge is 2.09. The van der Waals surface area contributed by atoms with Gasteiger partial charge in [-0.1, -0.05) is 36.4 Å². The first kappa shape index (κ1) is 18.2. The molecule has 0 fully saturated rings. The molecule has 0 bridgehead atoms. The summed E-state index contributed by atoms with van der Waals surface area (Å²) in [7, 11) is 1.32. The number of nitrogens with one attached hydrogen (secondary N) is 1. The van der Waals surface area contributed by atoms with Crippen LogP contribution in [0.15, 0.2) is 78.9 Å². The summed E-state index contributed by atoms with van der Waals surface area (Å²) in [6.07, 6.45) is 0. The fourth-order valence-electron chi connectivity index (χ4n) is 2.48. The van der Waals surface area contributed by atoms with Gasteiger partial charge in [0.2, 0.25) is 0 Å². The minimum atomic E-state index is -0.440. The van der Waals surface area contributed by atoms with Crippen molar-refractivity contribution in [3.05, 3.63) is 95.6 Å². The van der Waals surface area contributed by atoms with Crippen LogP contribution in [0.4, 0.5) is 5.69 Å². The van der Waals surface area contributed by atoms with E-state index in [9.17, 15) is 9.59 Å². The molecule has 3 aromatic carbocycles. The average Bonchev–Trinajstić information content (AvgIpc) is 2.73. The maximum atomic E-state index is 12.4. The summed E-state index contributed by atoms with van der Waals surface area (Å²) in [5.74, 6) is -0.0467. The third kappa shape index (κ3) is 4.95. The Labute approximate surface area is 157 Å². The number of hydrogen-bond donors (Lipinski definition) is 1. The molecule has 0 heterocycles. The Balaban J connectivity index is 1.63. The van der Waals surface area contributed by atoms with Crippen LogP contribution in [0.5, 0.6) is 5.75 Å². The first-order valence-electron chi connectivity index (χ1n) is 8.42. The van der Waals surface area contributed by atoms with Gasteiger partial charge in [0.1, 0.15) is 12.4 Å². The lowest BCUT2D eigenvalue weighted by Crippen LogP contribution is -2.12. The second-order valence-corrected chi connectivity index (χ2v) is 5.83. The molecule has 5 nitrogen and oxygen atoms in total. The Morgan fingerprint density at radius 1 is 0.852 bits per heavy atom. The van der Waals surface area contributed by atoms with Crippen LogP contribution in [0.1, 0.15) is 26.3 Å². The van der Waals surface area contributed by atoms with Crippen LogP contribution in [0.2, 0.25) is 0 Å². The highest BCUT2D eigenvalue weighted by Crippen LogP contribution is 2.19. The number of ether oxygens (including phenoxy) is 2. The highest BCUT2D eigenvalue weighted by molar-refractivity contribution is 6.04. The van der Waals surface area contributed by atoms with E-state index < -0.39 is 5.97 Å². The number of rotatable bonds is 6. The smallest absolute Gasteiger partial charge is 0.337 e. The molecule has 0 aromatic heterocycles. The number of hydrogen-bond acceptors (Lipinski definition) is 4. The third-order valence-corrected chi connectivity index (χ3v) is 3.91. The van der Waals surface area contributed by atoms with Crippen LogP contribution in [0, 0.1) is 0 Å². The molecule has 0 aliphatic heterocycles. The molecule has 27 heavy (non-hydrogen) atoms. The van der Waals surface area contributed by atoms with Crippen molar-refractivity contribution in [2.75, 3.05) is 12.4 Å². The number of amides is 1. The zero-order valence-electron chi connectivity index (χ0n) is 14.8. The Morgan fingerprint density at radius 3 is 2.26 bits per heavy atom. The zero-order chi connectivity index (χ0) is 19.1. The van der Waals surface area contributed by atoms with Gasteiger partial charge in [0.25, 0.3) is 5.91 Å². The first-order valence-corrected chi connectivity index (χ1v) is 8.42. The molecule has 1 N–H and O–H groups in total. The van der Waals surface area contributed by atoms with Crippen LogP contribution in [-0.4, -0.2) is 19.0 Å². The van der Waals surface area contributed by atoms with Gasteiger partial charge >= 0.3 is 5.97 Å². The first-order chi connectivity index (χ1) is 13.2. The molecule has 0 spiro atoms. The fourth-order valence-corrected chi connectivity index (χ4v) is 2.48. The van der Waals surface area contributed by atoms with Gasteiger partial charge < -0.3 is 14.8 Å². The van der Waals surface area contributed by atoms with Crippen LogP contribution < -0.4 is 10.1 Å². The van der Waals surface area contributed by atoms with E-state index in [0.29, 0.717) is 29.2 Å². The minimum Gasteiger partial charge on any atom is -0.489 e. The Kier molecular flexibility index (Phi) is 5.84. The Bertz CT molecular complexity index is 921. The molecule has 3 rings (SSSR count). The number of methoxy groups -OCH3 is 1. The molecule has 0 atom stereocenters. The van der Waals surface area contributed by atoms with Crippen molar-refractivity contribution in [3.63, 3.8) is 0 Å². The second-order valence-electron chi connectivity index (χ2n) is 5.83. The van der Waals surface area contributed by atoms with Crippen LogP contribution in [0.25, 0.3) is 0 Å². The molecule has 0 saturated carbocycles. The lowest BCUT2D eigenvalue weighted by molar-refractivity contribution is 0.0600. The summed E-state index contributed by atoms with van der Waals surface area (Å²) in [6.45, 7) is 0.452. The molecule has 5 heteroatoms. The maximum Gasteiger partial charge on any atom is 0.337 e. The normalized spacial score (nSPS) is 10.1. The van der Waals surface area contributed by atoms with E-state index in [1.807, 2.05) is 42.5 Å². The van der Waals surface area contributed by atoms with E-state index in [0.717, 1.165) is 5.56 Å². The molecular formula is C22H19NO4. The van der Waals surface area contributed by atoms with Gasteiger partial charge in [0, 0.05) is 17.3 Å². The third-order valence-electron chi connectivity index (χ3n) is 3.91. The SMILES string of the molecule is COC(=O)c1ccc(C(=O)Nc2cccc(OCc3ccccc3)c2)cc1. The number of carbonyl (C=O) groups excluding carboxylic acids is 2. The van der Waals surface area contributed by atoms with Gasteiger partial charge in [0.15, 0.2) is 0 Å². The van der Waals surface area contributed by atoms with Crippen LogP contribution in [0.3, 0.4) is 0 Å². The van der Waals surface area contributed by atoms with E-state index in [-0.39, 0.29) is 5.91 Å². The average molecular weight is 361 g/mol. The summed E-state index contributed by atoms with van der Waals surface area (Å²) in [4.78, 5) is 23.8. The Hall–Kier alpha value is -3.60. The van der Waals surface area contributed by atoms with Crippen molar-refractivity contribution in [3.8, 4) is 5.75 Å². The van der Waals surface area contributed by atoms with Crippen LogP contribution in [-0.2, 0) is 11.3 Å². The standard InChI is InChI=1S/C22H19NO4/c1-26-22(25)18-12-10-17(11-13-18)21(24)23-19-8-5-9-20(14-19)27-15-16-6-3-2-4-7-16/h2-14H,15H2,1H3,(H,23,24). The summed E-state index contributed by atoms with van der Waals surface area (Å²) in [5, 5.41) is 2.82. The van der Waals surface area contributed by atoms with Gasteiger partial charge in [-0.25, -0.2) is 4.79 Å². The molecule has 3 aromatic rings. The number of anilines is 1. The molecule has 0 radical (unpaired) electrons. The second kappa shape index (κ2) is 8.67. The van der Waals surface area contributed by atoms with Crippen molar-refractivity contribution in [2.24, 2.45) is 0 Å². The largest absolute Gasteiger partial charge is 0.489 e. The van der Waals surface area contributed by atoms with Crippen molar-refractivity contribution in [1.82, 2.24) is 0 Å². The van der Waals surface area contributed by atoms with Crippen molar-refractivity contribution in [2.45, 2.75) is 6.61 Å². The van der Waals surface area contributed by atoms with Gasteiger partial charge in [-0.15, -0.1) is 0 Å². The molecule has 136 valence electrons. The van der Waals surface area contributed by atoms with E-state index in [4.69, 9.17) is 4.74 Å². The van der Waals surface area contributed by atoms with Crippen LogP contribution >= 0.6 is 0 Å². The molecule has 0 aliphatic rings. The summed E-state index contributed by atoms with van der Waals surface area (Å²) in [6, 6.07) is 23.3. The maximum absolute atomic E-state index is 12.4. The lowest BCUT2D eigenvalue weighted by atomic mass is 10.1. The van der Waals surface area contributed by atoms with Gasteiger partial charge in [0.05, 0.1) is 12.7 Å². The summed E-state index contributed by atoms with van der Waals surface area (Å²) >= 11 is 0. The van der Waals surface area contributed by atoms with Crippen molar-refractivity contribution < 1.29 is 19.1 Å². The Morgan fingerprint density at radius 2 is 1.56 bits per heavy atom. The highest BCUT2D eigenvalue weighted by atomic mass is 16.5. The molecule has 0 saturated heterocycles. The number of benzene rings is 3. The number of esters is 1. The summed E-state index contributed by atoms with van der Waals surface area (Å²) < 4.78 is 10.4. The van der Waals surface area contributed by atoms with E-state index >= 15 is 0 Å². The van der Waals surface area contributed by atoms with Crippen molar-refractivity contribution >= 4 is 17.6 Å². The van der Waals surface area contributed by atoms with Crippen molar-refractivity contribution in [1.29, 1.82) is 0 Å². The monoisotopic (exact) mass is 361 g/mol. The van der Waals surface area contributed by atoms with Gasteiger partial charge in [-0.05, 0) is 42.0 Å². The van der Waals surface area contributed by atoms with E-state index in [2.05, 4.69) is 10.1 Å². The quantitative estimate of drug-likeness (QED) is 0.665. The minimum absolute atomic E-state index is 0.272. The van der Waals surface area contributed by atoms with E-state index in [1.54, 1.807) is 36.4 Å². The number of carbonyl (C=O) groups is 2. The molecular weight excluding hydrogens is 342 g/mol. The summed E-state index contributed by atoms with van der Waals surface area (Å²) in [5.41, 5.74) is 2.53. The zero-order valence-corrected chi connectivity index (χ0v) is 14.8. The molecule has 1 amide bonds. The predicted octanol–water partition coefficient (Wildman–Crippen LogP) is 4.30. The lowest BCUT2D eigenvalue weighted by Gasteiger charge is -2.10. The topological polar surface area (TPSA) is 64.6 Å². The molecule has 0 unspecified atom stereocenters. The van der Waals surface area contributed by atoms with Gasteiger partial charge in [-0.3, -0.25) is 4.79 Å². The fraction of sp³-hybridized carbons (Fsp3) is 0.0909.